The number of anilines is 1. The van der Waals surface area contributed by atoms with Crippen LogP contribution in [0.25, 0.3) is 32.5 Å². The predicted molar refractivity (Wildman–Crippen MR) is 121 cm³/mol. The number of hydrogen-bond donors (Lipinski definition) is 3. The summed E-state index contributed by atoms with van der Waals surface area (Å²) in [5.74, 6) is 0.520. The number of nitrogens with two attached hydrogens (primary N) is 1. The highest BCUT2D eigenvalue weighted by molar-refractivity contribution is 7.21. The van der Waals surface area contributed by atoms with Gasteiger partial charge in [-0.15, -0.1) is 11.3 Å². The third-order valence-electron chi connectivity index (χ3n) is 5.00. The Morgan fingerprint density at radius 3 is 2.40 bits per heavy atom. The summed E-state index contributed by atoms with van der Waals surface area (Å²) in [5, 5.41) is 10.9. The number of imidazole rings is 1. The second-order valence-electron chi connectivity index (χ2n) is 6.94. The Kier molecular flexibility index (Phi) is 4.34. The highest BCUT2D eigenvalue weighted by Crippen LogP contribution is 2.41. The lowest BCUT2D eigenvalue weighted by atomic mass is 9.97. The molecule has 0 radical (unpaired) electrons. The number of aromatic amines is 1. The van der Waals surface area contributed by atoms with Crippen LogP contribution in [0.5, 0.6) is 5.75 Å². The molecule has 5 rings (SSSR count). The summed E-state index contributed by atoms with van der Waals surface area (Å²) in [5.41, 5.74) is 9.92. The van der Waals surface area contributed by atoms with E-state index in [-0.39, 0.29) is 11.5 Å². The normalized spacial score (nSPS) is 11.1. The van der Waals surface area contributed by atoms with Crippen molar-refractivity contribution in [1.82, 2.24) is 9.97 Å². The predicted octanol–water partition coefficient (Wildman–Crippen LogP) is 5.48. The number of ketones is 1. The van der Waals surface area contributed by atoms with Crippen molar-refractivity contribution in [3.8, 4) is 28.1 Å². The van der Waals surface area contributed by atoms with E-state index in [9.17, 15) is 9.90 Å². The Hall–Kier alpha value is -3.90. The molecule has 146 valence electrons. The quantitative estimate of drug-likeness (QED) is 0.342. The molecule has 0 fully saturated rings. The molecule has 0 saturated carbocycles. The van der Waals surface area contributed by atoms with Crippen LogP contribution in [0, 0.1) is 0 Å². The van der Waals surface area contributed by atoms with Crippen LogP contribution in [0.2, 0.25) is 0 Å². The lowest BCUT2D eigenvalue weighted by Crippen LogP contribution is -2.00. The van der Waals surface area contributed by atoms with E-state index in [4.69, 9.17) is 5.73 Å². The molecule has 0 aliphatic rings. The fourth-order valence-electron chi connectivity index (χ4n) is 3.55. The molecule has 0 bridgehead atoms. The first-order valence-corrected chi connectivity index (χ1v) is 10.2. The topological polar surface area (TPSA) is 92.0 Å². The summed E-state index contributed by atoms with van der Waals surface area (Å²) in [7, 11) is 0. The third-order valence-corrected chi connectivity index (χ3v) is 6.15. The van der Waals surface area contributed by atoms with Gasteiger partial charge in [0, 0.05) is 21.2 Å². The summed E-state index contributed by atoms with van der Waals surface area (Å²) in [6.45, 7) is 0. The Morgan fingerprint density at radius 1 is 0.967 bits per heavy atom. The van der Waals surface area contributed by atoms with Gasteiger partial charge < -0.3 is 15.8 Å². The number of phenols is 1. The van der Waals surface area contributed by atoms with Gasteiger partial charge in [0.2, 0.25) is 5.78 Å². The lowest BCUT2D eigenvalue weighted by molar-refractivity contribution is 0.104. The van der Waals surface area contributed by atoms with Gasteiger partial charge in [-0.3, -0.25) is 4.79 Å². The van der Waals surface area contributed by atoms with Gasteiger partial charge in [-0.25, -0.2) is 4.98 Å². The van der Waals surface area contributed by atoms with Crippen molar-refractivity contribution in [3.63, 3.8) is 0 Å². The molecule has 5 nitrogen and oxygen atoms in total. The number of fused-ring (bicyclic) bond motifs is 1. The van der Waals surface area contributed by atoms with Crippen molar-refractivity contribution in [2.75, 3.05) is 5.73 Å². The highest BCUT2D eigenvalue weighted by atomic mass is 32.1. The summed E-state index contributed by atoms with van der Waals surface area (Å²) in [4.78, 5) is 21.0. The first-order valence-electron chi connectivity index (χ1n) is 9.37. The van der Waals surface area contributed by atoms with E-state index in [1.54, 1.807) is 18.3 Å². The van der Waals surface area contributed by atoms with Gasteiger partial charge in [0.15, 0.2) is 5.95 Å². The number of nitrogen functional groups attached to an aromatic ring is 1. The number of benzene rings is 3. The Morgan fingerprint density at radius 2 is 1.70 bits per heavy atom. The van der Waals surface area contributed by atoms with Gasteiger partial charge in [0.05, 0.1) is 16.8 Å². The largest absolute Gasteiger partial charge is 0.508 e. The standard InChI is InChI=1S/C24H17N3O2S/c25-24-26-13-19(27-24)14-6-8-15(9-7-14)21-18-11-10-17(28)12-20(18)30-23(21)22(29)16-4-2-1-3-5-16/h1-13,28H,(H3,25,26,27). The van der Waals surface area contributed by atoms with Crippen molar-refractivity contribution in [2.45, 2.75) is 0 Å². The van der Waals surface area contributed by atoms with Crippen LogP contribution in [0.15, 0.2) is 79.0 Å². The van der Waals surface area contributed by atoms with E-state index >= 15 is 0 Å². The number of aromatic nitrogens is 2. The molecule has 2 heterocycles. The molecular weight excluding hydrogens is 394 g/mol. The molecule has 0 unspecified atom stereocenters. The zero-order chi connectivity index (χ0) is 20.7. The van der Waals surface area contributed by atoms with Crippen LogP contribution in [-0.4, -0.2) is 20.9 Å². The van der Waals surface area contributed by atoms with E-state index in [1.807, 2.05) is 60.7 Å². The molecule has 30 heavy (non-hydrogen) atoms. The zero-order valence-electron chi connectivity index (χ0n) is 15.8. The van der Waals surface area contributed by atoms with Gasteiger partial charge in [-0.1, -0.05) is 54.6 Å². The number of phenolic OH excluding ortho intramolecular Hbond substituents is 1. The number of H-pyrrole nitrogens is 1. The monoisotopic (exact) mass is 411 g/mol. The van der Waals surface area contributed by atoms with E-state index in [0.717, 1.165) is 32.5 Å². The molecule has 3 aromatic carbocycles. The summed E-state index contributed by atoms with van der Waals surface area (Å²) < 4.78 is 0.870. The Bertz CT molecular complexity index is 1370. The maximum absolute atomic E-state index is 13.3. The molecule has 0 aliphatic heterocycles. The molecule has 4 N–H and O–H groups in total. The van der Waals surface area contributed by atoms with Gasteiger partial charge in [0.25, 0.3) is 0 Å². The number of aromatic hydroxyl groups is 1. The van der Waals surface area contributed by atoms with Crippen LogP contribution in [-0.2, 0) is 0 Å². The molecule has 0 spiro atoms. The zero-order valence-corrected chi connectivity index (χ0v) is 16.6. The Balaban J connectivity index is 1.66. The number of nitrogens with one attached hydrogen (secondary N) is 1. The molecule has 2 aromatic heterocycles. The number of carbonyl (C=O) groups is 1. The van der Waals surface area contributed by atoms with Gasteiger partial charge in [0.1, 0.15) is 5.75 Å². The molecule has 6 heteroatoms. The van der Waals surface area contributed by atoms with E-state index in [1.165, 1.54) is 11.3 Å². The number of nitrogens with zero attached hydrogens (tertiary/aromatic N) is 1. The van der Waals surface area contributed by atoms with Gasteiger partial charge in [-0.05, 0) is 29.3 Å². The van der Waals surface area contributed by atoms with Crippen molar-refractivity contribution in [1.29, 1.82) is 0 Å². The van der Waals surface area contributed by atoms with Crippen molar-refractivity contribution in [3.05, 3.63) is 89.4 Å². The average Bonchev–Trinajstić information content (AvgIpc) is 3.37. The van der Waals surface area contributed by atoms with Crippen LogP contribution >= 0.6 is 11.3 Å². The second kappa shape index (κ2) is 7.17. The van der Waals surface area contributed by atoms with Gasteiger partial charge in [-0.2, -0.15) is 0 Å². The summed E-state index contributed by atoms with van der Waals surface area (Å²) in [6, 6.07) is 22.4. The molecule has 5 aromatic rings. The third kappa shape index (κ3) is 3.13. The van der Waals surface area contributed by atoms with E-state index in [0.29, 0.717) is 16.4 Å². The van der Waals surface area contributed by atoms with E-state index in [2.05, 4.69) is 9.97 Å². The first kappa shape index (κ1) is 18.1. The number of thiophene rings is 1. The SMILES string of the molecule is Nc1ncc(-c2ccc(-c3c(C(=O)c4ccccc4)sc4cc(O)ccc34)cc2)[nH]1. The van der Waals surface area contributed by atoms with Crippen molar-refractivity contribution in [2.24, 2.45) is 0 Å². The summed E-state index contributed by atoms with van der Waals surface area (Å²) in [6.07, 6.45) is 1.69. The first-order chi connectivity index (χ1) is 14.6. The maximum atomic E-state index is 13.3. The number of carbonyl (C=O) groups excluding carboxylic acids is 1. The number of rotatable bonds is 4. The van der Waals surface area contributed by atoms with Crippen LogP contribution in [0.4, 0.5) is 5.95 Å². The number of hydrogen-bond acceptors (Lipinski definition) is 5. The van der Waals surface area contributed by atoms with Crippen LogP contribution in [0.3, 0.4) is 0 Å². The van der Waals surface area contributed by atoms with Crippen molar-refractivity contribution < 1.29 is 9.90 Å². The summed E-state index contributed by atoms with van der Waals surface area (Å²) >= 11 is 1.40. The lowest BCUT2D eigenvalue weighted by Gasteiger charge is -2.07. The molecule has 0 saturated heterocycles. The minimum atomic E-state index is -0.0308. The van der Waals surface area contributed by atoms with Crippen LogP contribution < -0.4 is 5.73 Å². The molecule has 0 atom stereocenters. The average molecular weight is 411 g/mol. The maximum Gasteiger partial charge on any atom is 0.203 e. The Labute approximate surface area is 176 Å². The van der Waals surface area contributed by atoms with Gasteiger partial charge >= 0.3 is 0 Å². The van der Waals surface area contributed by atoms with Crippen molar-refractivity contribution >= 4 is 33.2 Å². The molecule has 0 amide bonds. The van der Waals surface area contributed by atoms with Crippen LogP contribution in [0.1, 0.15) is 15.2 Å². The fraction of sp³-hybridized carbons (Fsp3) is 0. The second-order valence-corrected chi connectivity index (χ2v) is 7.99. The highest BCUT2D eigenvalue weighted by Gasteiger charge is 2.21. The fourth-order valence-corrected chi connectivity index (χ4v) is 4.77. The molecule has 0 aliphatic carbocycles. The van der Waals surface area contributed by atoms with E-state index < -0.39 is 0 Å². The molecular formula is C24H17N3O2S. The minimum absolute atomic E-state index is 0.0308. The smallest absolute Gasteiger partial charge is 0.203 e. The minimum Gasteiger partial charge on any atom is -0.508 e.